The van der Waals surface area contributed by atoms with E-state index in [1.54, 1.807) is 36.0 Å². The van der Waals surface area contributed by atoms with Crippen molar-refractivity contribution in [1.82, 2.24) is 9.78 Å². The summed E-state index contributed by atoms with van der Waals surface area (Å²) in [6.45, 7) is 6.23. The molecule has 3 rings (SSSR count). The quantitative estimate of drug-likeness (QED) is 0.676. The predicted molar refractivity (Wildman–Crippen MR) is 107 cm³/mol. The summed E-state index contributed by atoms with van der Waals surface area (Å²) >= 11 is 6.02. The molecule has 1 atom stereocenters. The molecule has 0 aliphatic carbocycles. The van der Waals surface area contributed by atoms with Crippen LogP contribution in [0, 0.1) is 13.8 Å². The molecule has 0 aliphatic heterocycles. The van der Waals surface area contributed by atoms with Gasteiger partial charge in [0.25, 0.3) is 5.91 Å². The number of carbonyl (C=O) groups excluding carboxylic acids is 1. The molecule has 0 radical (unpaired) electrons. The number of aryl methyl sites for hydroxylation is 2. The van der Waals surface area contributed by atoms with E-state index in [0.717, 1.165) is 11.1 Å². The first-order chi connectivity index (χ1) is 12.9. The predicted octanol–water partition coefficient (Wildman–Crippen LogP) is 4.61. The molecule has 1 aromatic heterocycles. The van der Waals surface area contributed by atoms with Gasteiger partial charge in [0.2, 0.25) is 0 Å². The smallest absolute Gasteiger partial charge is 0.266 e. The zero-order valence-corrected chi connectivity index (χ0v) is 16.3. The first kappa shape index (κ1) is 19.0. The number of aromatic nitrogens is 2. The van der Waals surface area contributed by atoms with Gasteiger partial charge in [-0.15, -0.1) is 0 Å². The van der Waals surface area contributed by atoms with Crippen LogP contribution < -0.4 is 10.1 Å². The minimum absolute atomic E-state index is 0.242. The van der Waals surface area contributed by atoms with Crippen LogP contribution in [0.2, 0.25) is 5.02 Å². The van der Waals surface area contributed by atoms with Gasteiger partial charge in [-0.3, -0.25) is 4.79 Å². The molecule has 0 unspecified atom stereocenters. The highest BCUT2D eigenvalue weighted by atomic mass is 35.5. The lowest BCUT2D eigenvalue weighted by Gasteiger charge is -2.16. The van der Waals surface area contributed by atoms with E-state index in [1.807, 2.05) is 19.9 Å². The lowest BCUT2D eigenvalue weighted by Crippen LogP contribution is -2.31. The van der Waals surface area contributed by atoms with Crippen LogP contribution in [0.3, 0.4) is 0 Å². The molecule has 0 saturated heterocycles. The summed E-state index contributed by atoms with van der Waals surface area (Å²) in [7, 11) is 0. The SMILES string of the molecule is Cc1ccc(Cn2nccc2NC(=O)[C@@H](C)Oc2ccc(Cl)c(C)c2)cc1. The Bertz CT molecular complexity index is 935. The monoisotopic (exact) mass is 383 g/mol. The van der Waals surface area contributed by atoms with Crippen molar-refractivity contribution in [2.45, 2.75) is 33.4 Å². The molecule has 5 nitrogen and oxygen atoms in total. The molecule has 0 saturated carbocycles. The summed E-state index contributed by atoms with van der Waals surface area (Å²) in [6.07, 6.45) is 1.01. The number of hydrogen-bond donors (Lipinski definition) is 1. The van der Waals surface area contributed by atoms with Crippen molar-refractivity contribution in [3.05, 3.63) is 76.4 Å². The Morgan fingerprint density at radius 1 is 1.19 bits per heavy atom. The van der Waals surface area contributed by atoms with Crippen molar-refractivity contribution >= 4 is 23.3 Å². The largest absolute Gasteiger partial charge is 0.481 e. The van der Waals surface area contributed by atoms with Crippen molar-refractivity contribution in [2.75, 3.05) is 5.32 Å². The minimum atomic E-state index is -0.659. The molecule has 1 amide bonds. The van der Waals surface area contributed by atoms with Crippen LogP contribution in [0.5, 0.6) is 5.75 Å². The summed E-state index contributed by atoms with van der Waals surface area (Å²) in [5, 5.41) is 7.84. The third-order valence-electron chi connectivity index (χ3n) is 4.23. The highest BCUT2D eigenvalue weighted by molar-refractivity contribution is 6.31. The Labute approximate surface area is 163 Å². The van der Waals surface area contributed by atoms with Crippen molar-refractivity contribution in [3.8, 4) is 5.75 Å². The van der Waals surface area contributed by atoms with Gasteiger partial charge in [-0.05, 0) is 50.1 Å². The molecule has 2 aromatic carbocycles. The maximum Gasteiger partial charge on any atom is 0.266 e. The van der Waals surface area contributed by atoms with Gasteiger partial charge in [0.05, 0.1) is 12.7 Å². The van der Waals surface area contributed by atoms with Crippen LogP contribution in [-0.4, -0.2) is 21.8 Å². The second kappa shape index (κ2) is 8.27. The fraction of sp³-hybridized carbons (Fsp3) is 0.238. The molecular formula is C21H22ClN3O2. The number of anilines is 1. The first-order valence-electron chi connectivity index (χ1n) is 8.73. The summed E-state index contributed by atoms with van der Waals surface area (Å²) in [5.74, 6) is 0.990. The van der Waals surface area contributed by atoms with Gasteiger partial charge in [-0.2, -0.15) is 5.10 Å². The number of amides is 1. The third kappa shape index (κ3) is 4.89. The number of carbonyl (C=O) groups is 1. The van der Waals surface area contributed by atoms with Crippen molar-refractivity contribution < 1.29 is 9.53 Å². The molecule has 3 aromatic rings. The highest BCUT2D eigenvalue weighted by Crippen LogP contribution is 2.22. The fourth-order valence-corrected chi connectivity index (χ4v) is 2.72. The van der Waals surface area contributed by atoms with E-state index >= 15 is 0 Å². The zero-order valence-electron chi connectivity index (χ0n) is 15.6. The zero-order chi connectivity index (χ0) is 19.4. The summed E-state index contributed by atoms with van der Waals surface area (Å²) in [6, 6.07) is 15.3. The standard InChI is InChI=1S/C21H22ClN3O2/c1-14-4-6-17(7-5-14)13-25-20(10-11-23-25)24-21(26)16(3)27-18-8-9-19(22)15(2)12-18/h4-12,16H,13H2,1-3H3,(H,24,26)/t16-/m1/s1. The van der Waals surface area contributed by atoms with Gasteiger partial charge in [-0.25, -0.2) is 4.68 Å². The molecule has 6 heteroatoms. The Hall–Kier alpha value is -2.79. The molecule has 1 N–H and O–H groups in total. The van der Waals surface area contributed by atoms with Gasteiger partial charge in [-0.1, -0.05) is 41.4 Å². The highest BCUT2D eigenvalue weighted by Gasteiger charge is 2.17. The van der Waals surface area contributed by atoms with E-state index < -0.39 is 6.10 Å². The van der Waals surface area contributed by atoms with E-state index in [2.05, 4.69) is 34.7 Å². The number of nitrogens with zero attached hydrogens (tertiary/aromatic N) is 2. The van der Waals surface area contributed by atoms with E-state index in [1.165, 1.54) is 5.56 Å². The minimum Gasteiger partial charge on any atom is -0.481 e. The second-order valence-corrected chi connectivity index (χ2v) is 6.93. The number of benzene rings is 2. The fourth-order valence-electron chi connectivity index (χ4n) is 2.61. The maximum atomic E-state index is 12.5. The van der Waals surface area contributed by atoms with Crippen LogP contribution in [0.4, 0.5) is 5.82 Å². The molecule has 0 fully saturated rings. The third-order valence-corrected chi connectivity index (χ3v) is 4.66. The van der Waals surface area contributed by atoms with Crippen molar-refractivity contribution in [3.63, 3.8) is 0 Å². The lowest BCUT2D eigenvalue weighted by molar-refractivity contribution is -0.122. The van der Waals surface area contributed by atoms with Crippen molar-refractivity contribution in [1.29, 1.82) is 0 Å². The molecule has 1 heterocycles. The van der Waals surface area contributed by atoms with Gasteiger partial charge >= 0.3 is 0 Å². The summed E-state index contributed by atoms with van der Waals surface area (Å²) < 4.78 is 7.48. The van der Waals surface area contributed by atoms with Gasteiger partial charge in [0, 0.05) is 11.1 Å². The Morgan fingerprint density at radius 3 is 2.63 bits per heavy atom. The van der Waals surface area contributed by atoms with Crippen LogP contribution in [0.15, 0.2) is 54.7 Å². The number of rotatable bonds is 6. The topological polar surface area (TPSA) is 56.2 Å². The molecule has 0 spiro atoms. The first-order valence-corrected chi connectivity index (χ1v) is 9.11. The van der Waals surface area contributed by atoms with Gasteiger partial charge in [0.15, 0.2) is 6.10 Å². The second-order valence-electron chi connectivity index (χ2n) is 6.52. The Balaban J connectivity index is 1.64. The molecular weight excluding hydrogens is 362 g/mol. The molecule has 27 heavy (non-hydrogen) atoms. The average molecular weight is 384 g/mol. The van der Waals surface area contributed by atoms with Crippen LogP contribution in [0.1, 0.15) is 23.6 Å². The van der Waals surface area contributed by atoms with Crippen molar-refractivity contribution in [2.24, 2.45) is 0 Å². The Morgan fingerprint density at radius 2 is 1.93 bits per heavy atom. The summed E-state index contributed by atoms with van der Waals surface area (Å²) in [5.41, 5.74) is 3.22. The number of nitrogens with one attached hydrogen (secondary N) is 1. The number of hydrogen-bond acceptors (Lipinski definition) is 3. The number of ether oxygens (including phenoxy) is 1. The Kier molecular flexibility index (Phi) is 5.81. The van der Waals surface area contributed by atoms with E-state index in [-0.39, 0.29) is 5.91 Å². The van der Waals surface area contributed by atoms with Crippen LogP contribution in [0.25, 0.3) is 0 Å². The van der Waals surface area contributed by atoms with E-state index in [9.17, 15) is 4.79 Å². The lowest BCUT2D eigenvalue weighted by atomic mass is 10.1. The summed E-state index contributed by atoms with van der Waals surface area (Å²) in [4.78, 5) is 12.5. The normalized spacial score (nSPS) is 11.9. The average Bonchev–Trinajstić information content (AvgIpc) is 3.07. The van der Waals surface area contributed by atoms with Crippen LogP contribution in [-0.2, 0) is 11.3 Å². The molecule has 0 bridgehead atoms. The van der Waals surface area contributed by atoms with Crippen LogP contribution >= 0.6 is 11.6 Å². The van der Waals surface area contributed by atoms with Gasteiger partial charge in [0.1, 0.15) is 11.6 Å². The maximum absolute atomic E-state index is 12.5. The number of halogens is 1. The van der Waals surface area contributed by atoms with Gasteiger partial charge < -0.3 is 10.1 Å². The molecule has 0 aliphatic rings. The van der Waals surface area contributed by atoms with E-state index in [0.29, 0.717) is 23.1 Å². The molecule has 140 valence electrons. The van der Waals surface area contributed by atoms with E-state index in [4.69, 9.17) is 16.3 Å².